The second-order valence-electron chi connectivity index (χ2n) is 10.8. The Kier molecular flexibility index (Phi) is 8.02. The molecule has 0 spiro atoms. The van der Waals surface area contributed by atoms with Crippen molar-refractivity contribution < 1.29 is 24.3 Å². The number of likely N-dealkylation sites (tertiary alicyclic amines) is 1. The largest absolute Gasteiger partial charge is 0.465 e. The van der Waals surface area contributed by atoms with Gasteiger partial charge in [-0.05, 0) is 57.2 Å². The summed E-state index contributed by atoms with van der Waals surface area (Å²) in [4.78, 5) is 62.3. The number of aromatic nitrogens is 2. The van der Waals surface area contributed by atoms with Gasteiger partial charge in [-0.15, -0.1) is 11.3 Å². The molecule has 12 heteroatoms. The lowest BCUT2D eigenvalue weighted by Crippen LogP contribution is -2.61. The van der Waals surface area contributed by atoms with E-state index in [4.69, 9.17) is 0 Å². The monoisotopic (exact) mass is 576 g/mol. The topological polar surface area (TPSA) is 154 Å². The minimum Gasteiger partial charge on any atom is -0.465 e. The van der Waals surface area contributed by atoms with Crippen molar-refractivity contribution in [1.29, 1.82) is 0 Å². The van der Waals surface area contributed by atoms with Crippen LogP contribution in [-0.2, 0) is 11.2 Å². The maximum atomic E-state index is 13.7. The van der Waals surface area contributed by atoms with Crippen LogP contribution in [0.3, 0.4) is 0 Å². The third-order valence-electron chi connectivity index (χ3n) is 7.33. The summed E-state index contributed by atoms with van der Waals surface area (Å²) in [6.07, 6.45) is 2.22. The van der Waals surface area contributed by atoms with E-state index in [1.165, 1.54) is 13.0 Å². The van der Waals surface area contributed by atoms with Gasteiger partial charge in [-0.25, -0.2) is 14.8 Å². The van der Waals surface area contributed by atoms with Gasteiger partial charge in [0.2, 0.25) is 0 Å². The second kappa shape index (κ2) is 11.7. The lowest BCUT2D eigenvalue weighted by atomic mass is 9.92. The lowest BCUT2D eigenvalue weighted by Gasteiger charge is -2.28. The van der Waals surface area contributed by atoms with Crippen LogP contribution < -0.4 is 16.2 Å². The van der Waals surface area contributed by atoms with E-state index in [9.17, 15) is 24.3 Å². The zero-order valence-corrected chi connectivity index (χ0v) is 23.7. The highest BCUT2D eigenvalue weighted by atomic mass is 32.1. The van der Waals surface area contributed by atoms with Crippen LogP contribution in [-0.4, -0.2) is 55.9 Å². The Hall–Kier alpha value is -4.32. The van der Waals surface area contributed by atoms with E-state index in [1.54, 1.807) is 46.6 Å². The van der Waals surface area contributed by atoms with Crippen molar-refractivity contribution in [3.05, 3.63) is 81.1 Å². The molecule has 1 saturated heterocycles. The Morgan fingerprint density at radius 3 is 2.49 bits per heavy atom. The lowest BCUT2D eigenvalue weighted by molar-refractivity contribution is -0.127. The van der Waals surface area contributed by atoms with Crippen LogP contribution in [0.25, 0.3) is 0 Å². The zero-order chi connectivity index (χ0) is 29.1. The van der Waals surface area contributed by atoms with E-state index in [0.29, 0.717) is 17.8 Å². The van der Waals surface area contributed by atoms with Gasteiger partial charge < -0.3 is 15.3 Å². The highest BCUT2D eigenvalue weighted by Crippen LogP contribution is 2.40. The number of pyridine rings is 1. The van der Waals surface area contributed by atoms with E-state index >= 15 is 0 Å². The first kappa shape index (κ1) is 28.2. The number of carbonyl (C=O) groups excluding carboxylic acids is 3. The Morgan fingerprint density at radius 2 is 1.83 bits per heavy atom. The number of hydrogen-bond acceptors (Lipinski definition) is 7. The molecule has 2 fully saturated rings. The minimum atomic E-state index is -1.57. The van der Waals surface area contributed by atoms with Crippen molar-refractivity contribution in [3.8, 4) is 0 Å². The molecule has 1 aliphatic heterocycles. The predicted molar refractivity (Wildman–Crippen MR) is 151 cm³/mol. The number of carboxylic acid groups (broad SMARTS) is 1. The number of nitrogens with zero attached hydrogens (tertiary/aromatic N) is 3. The molecule has 2 aliphatic rings. The number of thiazole rings is 1. The van der Waals surface area contributed by atoms with Crippen LogP contribution in [0.2, 0.25) is 0 Å². The maximum absolute atomic E-state index is 13.7. The number of aryl methyl sites for hydroxylation is 1. The fraction of sp³-hybridized carbons (Fsp3) is 0.379. The molecule has 1 aliphatic carbocycles. The molecular formula is C29H32N6O5S. The zero-order valence-electron chi connectivity index (χ0n) is 22.8. The average molecular weight is 577 g/mol. The van der Waals surface area contributed by atoms with Gasteiger partial charge in [-0.2, -0.15) is 0 Å². The highest BCUT2D eigenvalue weighted by Gasteiger charge is 2.37. The van der Waals surface area contributed by atoms with Crippen LogP contribution >= 0.6 is 11.3 Å². The summed E-state index contributed by atoms with van der Waals surface area (Å²) in [7, 11) is 0. The molecule has 4 N–H and O–H groups in total. The Labute approximate surface area is 241 Å². The van der Waals surface area contributed by atoms with Gasteiger partial charge in [0.15, 0.2) is 0 Å². The summed E-state index contributed by atoms with van der Waals surface area (Å²) < 4.78 is 0. The smallest absolute Gasteiger partial charge is 0.405 e. The standard InChI is InChI=1S/C29H32N6O5S/c1-17-16-41-25(30-17)23-9-6-12-35(23)26(37)20-13-21(19-10-11-19)31-22(14-20)24(36)33-34-27(38)29(2,32-28(39)40)15-18-7-4-3-5-8-18/h3-5,7-8,13-14,16,19,23,32H,6,9-12,15H2,1-2H3,(H,33,36)(H,34,38)(H,39,40)/t23-,29-/m1/s1. The van der Waals surface area contributed by atoms with Crippen LogP contribution in [0.1, 0.15) is 87.4 Å². The average Bonchev–Trinajstić information content (AvgIpc) is 3.53. The summed E-state index contributed by atoms with van der Waals surface area (Å²) in [5.74, 6) is -1.47. The normalized spacial score (nSPS) is 17.9. The second-order valence-corrected chi connectivity index (χ2v) is 11.6. The summed E-state index contributed by atoms with van der Waals surface area (Å²) in [6, 6.07) is 12.0. The number of rotatable bonds is 8. The van der Waals surface area contributed by atoms with Gasteiger partial charge in [0.1, 0.15) is 16.2 Å². The Morgan fingerprint density at radius 1 is 1.07 bits per heavy atom. The molecule has 214 valence electrons. The number of benzene rings is 1. The van der Waals surface area contributed by atoms with Gasteiger partial charge in [0, 0.05) is 41.2 Å². The molecule has 0 bridgehead atoms. The SMILES string of the molecule is Cc1csc([C@H]2CCCN2C(=O)c2cc(C(=O)NNC(=O)[C@@](C)(Cc3ccccc3)NC(=O)O)nc(C3CC3)c2)n1. The molecule has 1 aromatic carbocycles. The molecule has 0 unspecified atom stereocenters. The quantitative estimate of drug-likeness (QED) is 0.298. The summed E-state index contributed by atoms with van der Waals surface area (Å²) in [6.45, 7) is 3.96. The predicted octanol–water partition coefficient (Wildman–Crippen LogP) is 3.73. The Bertz CT molecular complexity index is 1470. The minimum absolute atomic E-state index is 0.00477. The first-order valence-corrected chi connectivity index (χ1v) is 14.4. The highest BCUT2D eigenvalue weighted by molar-refractivity contribution is 7.09. The molecule has 11 nitrogen and oxygen atoms in total. The van der Waals surface area contributed by atoms with Crippen LogP contribution in [0.5, 0.6) is 0 Å². The number of hydrogen-bond donors (Lipinski definition) is 4. The van der Waals surface area contributed by atoms with Gasteiger partial charge in [-0.1, -0.05) is 30.3 Å². The fourth-order valence-corrected chi connectivity index (χ4v) is 6.02. The molecule has 0 radical (unpaired) electrons. The maximum Gasteiger partial charge on any atom is 0.405 e. The molecule has 4 amide bonds. The third kappa shape index (κ3) is 6.54. The molecule has 2 atom stereocenters. The number of amides is 4. The van der Waals surface area contributed by atoms with E-state index in [2.05, 4.69) is 26.1 Å². The summed E-state index contributed by atoms with van der Waals surface area (Å²) >= 11 is 1.54. The van der Waals surface area contributed by atoms with Crippen molar-refractivity contribution in [3.63, 3.8) is 0 Å². The van der Waals surface area contributed by atoms with Crippen LogP contribution in [0.4, 0.5) is 4.79 Å². The molecule has 3 heterocycles. The van der Waals surface area contributed by atoms with Gasteiger partial charge in [0.05, 0.1) is 6.04 Å². The molecule has 1 saturated carbocycles. The fourth-order valence-electron chi connectivity index (χ4n) is 5.07. The van der Waals surface area contributed by atoms with E-state index < -0.39 is 23.4 Å². The van der Waals surface area contributed by atoms with Crippen molar-refractivity contribution in [2.75, 3.05) is 6.54 Å². The third-order valence-corrected chi connectivity index (χ3v) is 8.39. The van der Waals surface area contributed by atoms with Crippen LogP contribution in [0.15, 0.2) is 47.8 Å². The molecule has 3 aromatic rings. The van der Waals surface area contributed by atoms with Crippen molar-refractivity contribution >= 4 is 35.2 Å². The molecule has 5 rings (SSSR count). The molecular weight excluding hydrogens is 544 g/mol. The van der Waals surface area contributed by atoms with Crippen molar-refractivity contribution in [2.24, 2.45) is 0 Å². The van der Waals surface area contributed by atoms with E-state index in [-0.39, 0.29) is 30.0 Å². The molecule has 2 aromatic heterocycles. The van der Waals surface area contributed by atoms with Crippen molar-refractivity contribution in [2.45, 2.75) is 63.5 Å². The van der Waals surface area contributed by atoms with E-state index in [1.807, 2.05) is 18.4 Å². The number of hydrazine groups is 1. The van der Waals surface area contributed by atoms with Gasteiger partial charge >= 0.3 is 6.09 Å². The molecule has 41 heavy (non-hydrogen) atoms. The summed E-state index contributed by atoms with van der Waals surface area (Å²) in [5, 5.41) is 14.5. The van der Waals surface area contributed by atoms with E-state index in [0.717, 1.165) is 41.9 Å². The summed E-state index contributed by atoms with van der Waals surface area (Å²) in [5.41, 5.74) is 5.80. The Balaban J connectivity index is 1.33. The van der Waals surface area contributed by atoms with Crippen molar-refractivity contribution in [1.82, 2.24) is 31.0 Å². The first-order valence-electron chi connectivity index (χ1n) is 13.5. The van der Waals surface area contributed by atoms with Crippen LogP contribution in [0, 0.1) is 6.92 Å². The number of nitrogens with one attached hydrogen (secondary N) is 3. The van der Waals surface area contributed by atoms with Gasteiger partial charge in [-0.3, -0.25) is 25.2 Å². The van der Waals surface area contributed by atoms with Gasteiger partial charge in [0.25, 0.3) is 17.7 Å². The number of carbonyl (C=O) groups is 4. The first-order chi connectivity index (χ1) is 19.6.